The van der Waals surface area contributed by atoms with Crippen molar-refractivity contribution in [2.75, 3.05) is 27.3 Å². The van der Waals surface area contributed by atoms with E-state index in [9.17, 15) is 14.0 Å². The van der Waals surface area contributed by atoms with Crippen LogP contribution in [0.1, 0.15) is 34.8 Å². The van der Waals surface area contributed by atoms with E-state index in [1.54, 1.807) is 36.3 Å². The van der Waals surface area contributed by atoms with E-state index < -0.39 is 11.7 Å². The SMILES string of the molecule is CCCN(C)C(=O)c1ccc2c(c1)CC(C(=O)Cc1cc(F)c(-c3cn[nH]c3)cc1OC)CO2. The van der Waals surface area contributed by atoms with Gasteiger partial charge in [0, 0.05) is 48.5 Å². The maximum absolute atomic E-state index is 14.8. The van der Waals surface area contributed by atoms with Gasteiger partial charge in [0.05, 0.1) is 25.8 Å². The first-order valence-electron chi connectivity index (χ1n) is 11.3. The first-order chi connectivity index (χ1) is 16.4. The highest BCUT2D eigenvalue weighted by atomic mass is 19.1. The van der Waals surface area contributed by atoms with Crippen LogP contribution in [0.15, 0.2) is 42.7 Å². The summed E-state index contributed by atoms with van der Waals surface area (Å²) in [5, 5.41) is 6.52. The third-order valence-electron chi connectivity index (χ3n) is 6.12. The monoisotopic (exact) mass is 465 g/mol. The summed E-state index contributed by atoms with van der Waals surface area (Å²) in [5.74, 6) is 0.152. The van der Waals surface area contributed by atoms with Gasteiger partial charge in [-0.3, -0.25) is 14.7 Å². The molecule has 1 unspecified atom stereocenters. The topological polar surface area (TPSA) is 84.5 Å². The summed E-state index contributed by atoms with van der Waals surface area (Å²) < 4.78 is 26.1. The molecule has 1 aliphatic rings. The Hall–Kier alpha value is -3.68. The molecular formula is C26H28FN3O4. The zero-order chi connectivity index (χ0) is 24.2. The predicted molar refractivity (Wildman–Crippen MR) is 126 cm³/mol. The van der Waals surface area contributed by atoms with Crippen LogP contribution in [0.5, 0.6) is 11.5 Å². The average molecular weight is 466 g/mol. The zero-order valence-electron chi connectivity index (χ0n) is 19.6. The number of aromatic amines is 1. The first-order valence-corrected chi connectivity index (χ1v) is 11.3. The van der Waals surface area contributed by atoms with Crippen LogP contribution < -0.4 is 9.47 Å². The summed E-state index contributed by atoms with van der Waals surface area (Å²) in [6, 6.07) is 8.28. The maximum Gasteiger partial charge on any atom is 0.253 e. The van der Waals surface area contributed by atoms with Crippen molar-refractivity contribution in [2.24, 2.45) is 5.92 Å². The molecule has 2 aromatic carbocycles. The number of ketones is 1. The summed E-state index contributed by atoms with van der Waals surface area (Å²) in [7, 11) is 3.27. The molecule has 0 bridgehead atoms. The van der Waals surface area contributed by atoms with Crippen molar-refractivity contribution in [3.63, 3.8) is 0 Å². The molecule has 1 aliphatic heterocycles. The number of Topliss-reactive ketones (excluding diaryl/α,β-unsaturated/α-hetero) is 1. The molecule has 4 rings (SSSR count). The number of aromatic nitrogens is 2. The molecule has 34 heavy (non-hydrogen) atoms. The van der Waals surface area contributed by atoms with Gasteiger partial charge in [-0.1, -0.05) is 6.92 Å². The second-order valence-electron chi connectivity index (χ2n) is 8.54. The molecular weight excluding hydrogens is 437 g/mol. The summed E-state index contributed by atoms with van der Waals surface area (Å²) >= 11 is 0. The molecule has 0 aliphatic carbocycles. The number of hydrogen-bond donors (Lipinski definition) is 1. The summed E-state index contributed by atoms with van der Waals surface area (Å²) in [4.78, 5) is 27.5. The standard InChI is InChI=1S/C26H28FN3O4/c1-4-7-30(2)26(32)16-5-6-24-17(8-16)9-19(15-34-24)23(31)11-18-10-22(27)21(12-25(18)33-3)20-13-28-29-14-20/h5-6,8,10,12-14,19H,4,7,9,11,15H2,1-3H3,(H,28,29). The highest BCUT2D eigenvalue weighted by Gasteiger charge is 2.28. The number of rotatable bonds is 8. The molecule has 8 heteroatoms. The number of amides is 1. The van der Waals surface area contributed by atoms with Gasteiger partial charge in [0.25, 0.3) is 5.91 Å². The highest BCUT2D eigenvalue weighted by molar-refractivity contribution is 5.94. The maximum atomic E-state index is 14.8. The van der Waals surface area contributed by atoms with Gasteiger partial charge in [0.2, 0.25) is 0 Å². The van der Waals surface area contributed by atoms with E-state index in [1.807, 2.05) is 13.0 Å². The van der Waals surface area contributed by atoms with E-state index in [2.05, 4.69) is 10.2 Å². The van der Waals surface area contributed by atoms with Gasteiger partial charge < -0.3 is 14.4 Å². The lowest BCUT2D eigenvalue weighted by molar-refractivity contribution is -0.123. The minimum Gasteiger partial charge on any atom is -0.496 e. The van der Waals surface area contributed by atoms with Crippen molar-refractivity contribution in [3.05, 3.63) is 65.2 Å². The van der Waals surface area contributed by atoms with E-state index in [0.29, 0.717) is 46.7 Å². The number of ether oxygens (including phenoxy) is 2. The molecule has 7 nitrogen and oxygen atoms in total. The number of H-pyrrole nitrogens is 1. The van der Waals surface area contributed by atoms with E-state index in [1.165, 1.54) is 19.4 Å². The first kappa shape index (κ1) is 23.5. The van der Waals surface area contributed by atoms with Crippen LogP contribution in [-0.4, -0.2) is 54.1 Å². The van der Waals surface area contributed by atoms with Crippen molar-refractivity contribution in [1.29, 1.82) is 0 Å². The number of halogens is 1. The van der Waals surface area contributed by atoms with Gasteiger partial charge in [-0.05, 0) is 48.7 Å². The Balaban J connectivity index is 1.51. The number of carbonyl (C=O) groups is 2. The summed E-state index contributed by atoms with van der Waals surface area (Å²) in [5.41, 5.74) is 2.83. The van der Waals surface area contributed by atoms with Crippen molar-refractivity contribution < 1.29 is 23.5 Å². The number of hydrogen-bond acceptors (Lipinski definition) is 5. The van der Waals surface area contributed by atoms with Gasteiger partial charge in [0.1, 0.15) is 23.1 Å². The largest absolute Gasteiger partial charge is 0.496 e. The molecule has 1 amide bonds. The van der Waals surface area contributed by atoms with Crippen LogP contribution in [0.25, 0.3) is 11.1 Å². The molecule has 1 aromatic heterocycles. The second-order valence-corrected chi connectivity index (χ2v) is 8.54. The van der Waals surface area contributed by atoms with Crippen molar-refractivity contribution in [3.8, 4) is 22.6 Å². The van der Waals surface area contributed by atoms with Gasteiger partial charge in [-0.2, -0.15) is 5.10 Å². The Labute approximate surface area is 197 Å². The van der Waals surface area contributed by atoms with Gasteiger partial charge in [-0.25, -0.2) is 4.39 Å². The Morgan fingerprint density at radius 1 is 1.29 bits per heavy atom. The fourth-order valence-corrected chi connectivity index (χ4v) is 4.27. The van der Waals surface area contributed by atoms with E-state index in [4.69, 9.17) is 9.47 Å². The molecule has 0 fully saturated rings. The minimum absolute atomic E-state index is 0.0208. The third kappa shape index (κ3) is 4.81. The van der Waals surface area contributed by atoms with Crippen LogP contribution >= 0.6 is 0 Å². The lowest BCUT2D eigenvalue weighted by Crippen LogP contribution is -2.30. The van der Waals surface area contributed by atoms with Crippen LogP contribution in [0.4, 0.5) is 4.39 Å². The molecule has 0 saturated carbocycles. The van der Waals surface area contributed by atoms with E-state index >= 15 is 0 Å². The molecule has 0 spiro atoms. The Morgan fingerprint density at radius 3 is 2.82 bits per heavy atom. The Morgan fingerprint density at radius 2 is 2.12 bits per heavy atom. The molecule has 0 saturated heterocycles. The molecule has 1 N–H and O–H groups in total. The normalized spacial score (nSPS) is 14.8. The summed E-state index contributed by atoms with van der Waals surface area (Å²) in [6.45, 7) is 2.94. The minimum atomic E-state index is -0.449. The number of nitrogens with zero attached hydrogens (tertiary/aromatic N) is 2. The van der Waals surface area contributed by atoms with Crippen molar-refractivity contribution in [2.45, 2.75) is 26.2 Å². The van der Waals surface area contributed by atoms with Gasteiger partial charge in [0.15, 0.2) is 0 Å². The number of nitrogens with one attached hydrogen (secondary N) is 1. The lowest BCUT2D eigenvalue weighted by Gasteiger charge is -2.25. The van der Waals surface area contributed by atoms with Crippen molar-refractivity contribution in [1.82, 2.24) is 15.1 Å². The summed E-state index contributed by atoms with van der Waals surface area (Å²) in [6.07, 6.45) is 4.48. The van der Waals surface area contributed by atoms with Crippen molar-refractivity contribution >= 4 is 11.7 Å². The smallest absolute Gasteiger partial charge is 0.253 e. The van der Waals surface area contributed by atoms with E-state index in [0.717, 1.165) is 12.0 Å². The predicted octanol–water partition coefficient (Wildman–Crippen LogP) is 4.07. The average Bonchev–Trinajstić information content (AvgIpc) is 3.38. The molecule has 3 aromatic rings. The number of benzene rings is 2. The molecule has 1 atom stereocenters. The number of methoxy groups -OCH3 is 1. The fourth-order valence-electron chi connectivity index (χ4n) is 4.27. The number of carbonyl (C=O) groups excluding carboxylic acids is 2. The van der Waals surface area contributed by atoms with Crippen LogP contribution in [-0.2, 0) is 17.6 Å². The van der Waals surface area contributed by atoms with Gasteiger partial charge in [-0.15, -0.1) is 0 Å². The van der Waals surface area contributed by atoms with Crippen LogP contribution in [0.3, 0.4) is 0 Å². The quantitative estimate of drug-likeness (QED) is 0.542. The van der Waals surface area contributed by atoms with Crippen LogP contribution in [0.2, 0.25) is 0 Å². The lowest BCUT2D eigenvalue weighted by atomic mass is 9.89. The number of fused-ring (bicyclic) bond motifs is 1. The second kappa shape index (κ2) is 10.1. The van der Waals surface area contributed by atoms with Crippen LogP contribution in [0, 0.1) is 11.7 Å². The van der Waals surface area contributed by atoms with E-state index in [-0.39, 0.29) is 24.7 Å². The zero-order valence-corrected chi connectivity index (χ0v) is 19.6. The molecule has 0 radical (unpaired) electrons. The fraction of sp³-hybridized carbons (Fsp3) is 0.346. The van der Waals surface area contributed by atoms with Gasteiger partial charge >= 0.3 is 0 Å². The highest BCUT2D eigenvalue weighted by Crippen LogP contribution is 2.33. The molecule has 2 heterocycles. The Bertz CT molecular complexity index is 1190. The third-order valence-corrected chi connectivity index (χ3v) is 6.12. The molecule has 178 valence electrons. The Kier molecular flexibility index (Phi) is 6.95.